The molecule has 0 aliphatic rings. The van der Waals surface area contributed by atoms with Crippen LogP contribution in [-0.2, 0) is 0 Å². The van der Waals surface area contributed by atoms with Crippen molar-refractivity contribution in [1.29, 1.82) is 0 Å². The molecule has 0 radical (unpaired) electrons. The molecule has 2 aromatic rings. The van der Waals surface area contributed by atoms with Crippen LogP contribution in [0, 0.1) is 0 Å². The first kappa shape index (κ1) is 11.5. The summed E-state index contributed by atoms with van der Waals surface area (Å²) in [6.07, 6.45) is -0.743. The summed E-state index contributed by atoms with van der Waals surface area (Å²) in [5, 5.41) is 11.3. The molecule has 82 valence electrons. The Kier molecular flexibility index (Phi) is 3.49. The van der Waals surface area contributed by atoms with E-state index in [9.17, 15) is 5.11 Å². The van der Waals surface area contributed by atoms with Crippen LogP contribution in [0.4, 0.5) is 0 Å². The summed E-state index contributed by atoms with van der Waals surface area (Å²) in [6, 6.07) is 14.3. The van der Waals surface area contributed by atoms with Gasteiger partial charge in [-0.15, -0.1) is 0 Å². The molecule has 3 heteroatoms. The van der Waals surface area contributed by atoms with Gasteiger partial charge in [-0.05, 0) is 23.8 Å². The maximum atomic E-state index is 10.2. The van der Waals surface area contributed by atoms with Crippen LogP contribution in [0.2, 0.25) is 10.0 Å². The van der Waals surface area contributed by atoms with E-state index < -0.39 is 6.10 Å². The molecule has 1 nitrogen and oxygen atoms in total. The maximum Gasteiger partial charge on any atom is 0.106 e. The number of aliphatic hydroxyl groups excluding tert-OH is 1. The maximum absolute atomic E-state index is 10.2. The normalized spacial score (nSPS) is 12.4. The van der Waals surface area contributed by atoms with Gasteiger partial charge < -0.3 is 5.11 Å². The van der Waals surface area contributed by atoms with E-state index in [-0.39, 0.29) is 0 Å². The van der Waals surface area contributed by atoms with Gasteiger partial charge in [-0.3, -0.25) is 0 Å². The standard InChI is InChI=1S/C13H10Cl2O/c14-10-5-3-4-9(8-10)13(16)11-6-1-2-7-12(11)15/h1-8,13,16H/t13-/m0/s1. The molecule has 1 N–H and O–H groups in total. The van der Waals surface area contributed by atoms with Gasteiger partial charge in [-0.2, -0.15) is 0 Å². The first-order valence-electron chi connectivity index (χ1n) is 4.86. The predicted molar refractivity (Wildman–Crippen MR) is 67.0 cm³/mol. The number of benzene rings is 2. The second-order valence-electron chi connectivity index (χ2n) is 3.48. The van der Waals surface area contributed by atoms with Gasteiger partial charge in [0, 0.05) is 15.6 Å². The lowest BCUT2D eigenvalue weighted by Crippen LogP contribution is -2.00. The summed E-state index contributed by atoms with van der Waals surface area (Å²) in [7, 11) is 0. The topological polar surface area (TPSA) is 20.2 Å². The summed E-state index contributed by atoms with van der Waals surface area (Å²) in [6.45, 7) is 0. The van der Waals surface area contributed by atoms with E-state index in [1.165, 1.54) is 0 Å². The van der Waals surface area contributed by atoms with Crippen molar-refractivity contribution in [3.05, 3.63) is 69.7 Å². The molecule has 0 heterocycles. The van der Waals surface area contributed by atoms with E-state index in [4.69, 9.17) is 23.2 Å². The van der Waals surface area contributed by atoms with Crippen molar-refractivity contribution in [2.45, 2.75) is 6.10 Å². The summed E-state index contributed by atoms with van der Waals surface area (Å²) < 4.78 is 0. The third kappa shape index (κ3) is 2.38. The second-order valence-corrected chi connectivity index (χ2v) is 4.32. The Bertz CT molecular complexity index is 497. The van der Waals surface area contributed by atoms with Gasteiger partial charge in [0.25, 0.3) is 0 Å². The van der Waals surface area contributed by atoms with Crippen LogP contribution in [0.3, 0.4) is 0 Å². The van der Waals surface area contributed by atoms with Crippen molar-refractivity contribution < 1.29 is 5.11 Å². The second kappa shape index (κ2) is 4.88. The van der Waals surface area contributed by atoms with Crippen LogP contribution in [0.1, 0.15) is 17.2 Å². The Morgan fingerprint density at radius 1 is 0.938 bits per heavy atom. The van der Waals surface area contributed by atoms with Crippen molar-refractivity contribution in [3.8, 4) is 0 Å². The molecule has 2 rings (SSSR count). The van der Waals surface area contributed by atoms with Crippen LogP contribution in [-0.4, -0.2) is 5.11 Å². The quantitative estimate of drug-likeness (QED) is 0.855. The van der Waals surface area contributed by atoms with Crippen LogP contribution in [0.15, 0.2) is 48.5 Å². The minimum absolute atomic E-state index is 0.551. The zero-order valence-electron chi connectivity index (χ0n) is 8.40. The third-order valence-electron chi connectivity index (χ3n) is 2.36. The molecule has 0 spiro atoms. The molecule has 0 aromatic heterocycles. The highest BCUT2D eigenvalue weighted by atomic mass is 35.5. The van der Waals surface area contributed by atoms with Gasteiger partial charge in [-0.1, -0.05) is 53.5 Å². The average molecular weight is 253 g/mol. The third-order valence-corrected chi connectivity index (χ3v) is 2.94. The zero-order valence-corrected chi connectivity index (χ0v) is 9.91. The highest BCUT2D eigenvalue weighted by molar-refractivity contribution is 6.31. The molecule has 16 heavy (non-hydrogen) atoms. The summed E-state index contributed by atoms with van der Waals surface area (Å²) in [5.41, 5.74) is 1.42. The van der Waals surface area contributed by atoms with E-state index in [1.54, 1.807) is 30.3 Å². The van der Waals surface area contributed by atoms with Gasteiger partial charge >= 0.3 is 0 Å². The highest BCUT2D eigenvalue weighted by Gasteiger charge is 2.13. The Balaban J connectivity index is 2.39. The Morgan fingerprint density at radius 2 is 1.69 bits per heavy atom. The van der Waals surface area contributed by atoms with Crippen molar-refractivity contribution >= 4 is 23.2 Å². The van der Waals surface area contributed by atoms with E-state index in [0.717, 1.165) is 5.56 Å². The first-order valence-corrected chi connectivity index (χ1v) is 5.62. The van der Waals surface area contributed by atoms with Crippen LogP contribution in [0.5, 0.6) is 0 Å². The smallest absolute Gasteiger partial charge is 0.106 e. The predicted octanol–water partition coefficient (Wildman–Crippen LogP) is 4.08. The fourth-order valence-electron chi connectivity index (χ4n) is 1.55. The lowest BCUT2D eigenvalue weighted by atomic mass is 10.0. The molecule has 2 aromatic carbocycles. The largest absolute Gasteiger partial charge is 0.384 e. The molecular formula is C13H10Cl2O. The molecule has 0 amide bonds. The minimum atomic E-state index is -0.743. The number of hydrogen-bond donors (Lipinski definition) is 1. The van der Waals surface area contributed by atoms with Crippen LogP contribution >= 0.6 is 23.2 Å². The minimum Gasteiger partial charge on any atom is -0.384 e. The van der Waals surface area contributed by atoms with Crippen molar-refractivity contribution in [1.82, 2.24) is 0 Å². The van der Waals surface area contributed by atoms with Gasteiger partial charge in [0.1, 0.15) is 6.10 Å². The Hall–Kier alpha value is -1.02. The zero-order chi connectivity index (χ0) is 11.5. The molecule has 0 aliphatic heterocycles. The summed E-state index contributed by atoms with van der Waals surface area (Å²) in [5.74, 6) is 0. The van der Waals surface area contributed by atoms with E-state index in [1.807, 2.05) is 18.2 Å². The van der Waals surface area contributed by atoms with Gasteiger partial charge in [0.15, 0.2) is 0 Å². The van der Waals surface area contributed by atoms with Gasteiger partial charge in [-0.25, -0.2) is 0 Å². The lowest BCUT2D eigenvalue weighted by Gasteiger charge is -2.13. The van der Waals surface area contributed by atoms with E-state index in [0.29, 0.717) is 15.6 Å². The SMILES string of the molecule is O[C@@H](c1cccc(Cl)c1)c1ccccc1Cl. The van der Waals surface area contributed by atoms with Gasteiger partial charge in [0.05, 0.1) is 0 Å². The van der Waals surface area contributed by atoms with Crippen LogP contribution in [0.25, 0.3) is 0 Å². The molecule has 0 unspecified atom stereocenters. The molecule has 0 saturated heterocycles. The van der Waals surface area contributed by atoms with Crippen molar-refractivity contribution in [2.24, 2.45) is 0 Å². The molecule has 0 aliphatic carbocycles. The van der Waals surface area contributed by atoms with Crippen LogP contribution < -0.4 is 0 Å². The molecule has 0 bridgehead atoms. The summed E-state index contributed by atoms with van der Waals surface area (Å²) >= 11 is 11.9. The fraction of sp³-hybridized carbons (Fsp3) is 0.0769. The number of rotatable bonds is 2. The van der Waals surface area contributed by atoms with Crippen molar-refractivity contribution in [2.75, 3.05) is 0 Å². The van der Waals surface area contributed by atoms with Gasteiger partial charge in [0.2, 0.25) is 0 Å². The fourth-order valence-corrected chi connectivity index (χ4v) is 1.99. The van der Waals surface area contributed by atoms with E-state index in [2.05, 4.69) is 0 Å². The Labute approximate surface area is 104 Å². The monoisotopic (exact) mass is 252 g/mol. The van der Waals surface area contributed by atoms with E-state index >= 15 is 0 Å². The van der Waals surface area contributed by atoms with Crippen molar-refractivity contribution in [3.63, 3.8) is 0 Å². The number of halogens is 2. The Morgan fingerprint density at radius 3 is 2.38 bits per heavy atom. The number of aliphatic hydroxyl groups is 1. The molecule has 0 fully saturated rings. The highest BCUT2D eigenvalue weighted by Crippen LogP contribution is 2.28. The number of hydrogen-bond acceptors (Lipinski definition) is 1. The average Bonchev–Trinajstić information content (AvgIpc) is 2.29. The first-order chi connectivity index (χ1) is 7.68. The molecule has 0 saturated carbocycles. The summed E-state index contributed by atoms with van der Waals surface area (Å²) in [4.78, 5) is 0. The molecular weight excluding hydrogens is 243 g/mol. The molecule has 1 atom stereocenters. The lowest BCUT2D eigenvalue weighted by molar-refractivity contribution is 0.220.